The molecule has 0 aromatic carbocycles. The van der Waals surface area contributed by atoms with Crippen molar-refractivity contribution in [2.75, 3.05) is 0 Å². The Morgan fingerprint density at radius 3 is 2.93 bits per heavy atom. The van der Waals surface area contributed by atoms with E-state index in [1.165, 1.54) is 32.1 Å². The second-order valence-corrected chi connectivity index (χ2v) is 5.49. The molecule has 0 aliphatic heterocycles. The highest BCUT2D eigenvalue weighted by Crippen LogP contribution is 2.30. The molecule has 4 heteroatoms. The van der Waals surface area contributed by atoms with E-state index in [9.17, 15) is 0 Å². The Bertz CT molecular complexity index is 311. The van der Waals surface area contributed by atoms with E-state index < -0.39 is 0 Å². The molecule has 15 heavy (non-hydrogen) atoms. The van der Waals surface area contributed by atoms with Gasteiger partial charge in [-0.25, -0.2) is 4.98 Å². The maximum Gasteiger partial charge on any atom is 0.167 e. The molecule has 1 aliphatic rings. The highest BCUT2D eigenvalue weighted by Gasteiger charge is 2.22. The van der Waals surface area contributed by atoms with Crippen LogP contribution in [0.2, 0.25) is 0 Å². The largest absolute Gasteiger partial charge is 0.329 e. The predicted octanol–water partition coefficient (Wildman–Crippen LogP) is 2.17. The van der Waals surface area contributed by atoms with Gasteiger partial charge in [0.1, 0.15) is 0 Å². The molecule has 3 nitrogen and oxygen atoms in total. The molecule has 2 N–H and O–H groups in total. The lowest BCUT2D eigenvalue weighted by atomic mass is 10.1. The lowest BCUT2D eigenvalue weighted by Crippen LogP contribution is -2.31. The molecule has 1 heterocycles. The molecule has 1 aliphatic carbocycles. The summed E-state index contributed by atoms with van der Waals surface area (Å²) in [5.74, 6) is 0. The number of aromatic nitrogens is 2. The lowest BCUT2D eigenvalue weighted by Gasteiger charge is -2.19. The van der Waals surface area contributed by atoms with Gasteiger partial charge in [-0.2, -0.15) is 0 Å². The summed E-state index contributed by atoms with van der Waals surface area (Å²) in [5, 5.41) is 1.64. The summed E-state index contributed by atoms with van der Waals surface area (Å²) < 4.78 is 2.07. The molecule has 2 atom stereocenters. The summed E-state index contributed by atoms with van der Waals surface area (Å²) in [4.78, 5) is 4.35. The minimum Gasteiger partial charge on any atom is -0.329 e. The minimum atomic E-state index is 0.342. The van der Waals surface area contributed by atoms with Crippen LogP contribution >= 0.6 is 11.8 Å². The number of rotatable bonds is 2. The average molecular weight is 225 g/mol. The molecule has 84 valence electrons. The molecule has 1 saturated carbocycles. The van der Waals surface area contributed by atoms with E-state index in [1.54, 1.807) is 0 Å². The molecule has 0 saturated heterocycles. The van der Waals surface area contributed by atoms with Crippen molar-refractivity contribution in [2.45, 2.75) is 48.6 Å². The van der Waals surface area contributed by atoms with Crippen LogP contribution in [0, 0.1) is 0 Å². The Hall–Kier alpha value is -0.480. The monoisotopic (exact) mass is 225 g/mol. The first-order valence-electron chi connectivity index (χ1n) is 5.67. The van der Waals surface area contributed by atoms with Crippen molar-refractivity contribution in [1.29, 1.82) is 0 Å². The third-order valence-corrected chi connectivity index (χ3v) is 4.53. The van der Waals surface area contributed by atoms with Crippen LogP contribution in [0.5, 0.6) is 0 Å². The van der Waals surface area contributed by atoms with Gasteiger partial charge >= 0.3 is 0 Å². The maximum absolute atomic E-state index is 6.19. The lowest BCUT2D eigenvalue weighted by molar-refractivity contribution is 0.594. The Morgan fingerprint density at radius 1 is 1.40 bits per heavy atom. The molecule has 1 fully saturated rings. The molecule has 1 aromatic heterocycles. The smallest absolute Gasteiger partial charge is 0.167 e. The number of nitrogens with zero attached hydrogens (tertiary/aromatic N) is 2. The minimum absolute atomic E-state index is 0.342. The maximum atomic E-state index is 6.19. The Kier molecular flexibility index (Phi) is 3.70. The average Bonchev–Trinajstić information content (AvgIpc) is 2.50. The quantitative estimate of drug-likeness (QED) is 0.785. The van der Waals surface area contributed by atoms with E-state index in [0.29, 0.717) is 11.3 Å². The standard InChI is InChI=1S/C11H19N3S/c1-14-8-7-13-11(14)15-10-6-4-2-3-5-9(10)12/h7-10H,2-6,12H2,1H3. The normalized spacial score (nSPS) is 27.6. The molecular weight excluding hydrogens is 206 g/mol. The third kappa shape index (κ3) is 2.75. The first-order valence-corrected chi connectivity index (χ1v) is 6.55. The number of nitrogens with two attached hydrogens (primary N) is 1. The van der Waals surface area contributed by atoms with E-state index >= 15 is 0 Å². The summed E-state index contributed by atoms with van der Waals surface area (Å²) >= 11 is 1.85. The fourth-order valence-electron chi connectivity index (χ4n) is 2.05. The van der Waals surface area contributed by atoms with E-state index in [-0.39, 0.29) is 0 Å². The highest BCUT2D eigenvalue weighted by atomic mass is 32.2. The first kappa shape index (κ1) is 11.0. The molecule has 2 rings (SSSR count). The van der Waals surface area contributed by atoms with Crippen molar-refractivity contribution >= 4 is 11.8 Å². The summed E-state index contributed by atoms with van der Waals surface area (Å²) in [6.07, 6.45) is 10.2. The molecule has 1 aromatic rings. The van der Waals surface area contributed by atoms with Gasteiger partial charge in [0.05, 0.1) is 0 Å². The van der Waals surface area contributed by atoms with Crippen LogP contribution in [-0.2, 0) is 7.05 Å². The van der Waals surface area contributed by atoms with E-state index in [0.717, 1.165) is 5.16 Å². The number of aryl methyl sites for hydroxylation is 1. The van der Waals surface area contributed by atoms with Crippen LogP contribution in [0.1, 0.15) is 32.1 Å². The first-order chi connectivity index (χ1) is 7.27. The Morgan fingerprint density at radius 2 is 2.20 bits per heavy atom. The van der Waals surface area contributed by atoms with Gasteiger partial charge in [0.2, 0.25) is 0 Å². The van der Waals surface area contributed by atoms with Crippen molar-refractivity contribution in [1.82, 2.24) is 9.55 Å². The molecule has 0 bridgehead atoms. The second-order valence-electron chi connectivity index (χ2n) is 4.28. The van der Waals surface area contributed by atoms with Gasteiger partial charge in [-0.3, -0.25) is 0 Å². The second kappa shape index (κ2) is 5.03. The van der Waals surface area contributed by atoms with Crippen LogP contribution in [0.25, 0.3) is 0 Å². The van der Waals surface area contributed by atoms with Crippen LogP contribution in [0.3, 0.4) is 0 Å². The molecule has 0 amide bonds. The molecule has 0 radical (unpaired) electrons. The van der Waals surface area contributed by atoms with Crippen molar-refractivity contribution in [3.63, 3.8) is 0 Å². The van der Waals surface area contributed by atoms with Gasteiger partial charge in [0.25, 0.3) is 0 Å². The van der Waals surface area contributed by atoms with Gasteiger partial charge in [-0.05, 0) is 12.8 Å². The Labute approximate surface area is 95.4 Å². The van der Waals surface area contributed by atoms with Crippen molar-refractivity contribution in [3.05, 3.63) is 12.4 Å². The number of imidazole rings is 1. The van der Waals surface area contributed by atoms with Gasteiger partial charge in [-0.15, -0.1) is 0 Å². The SMILES string of the molecule is Cn1ccnc1SC1CCCCCC1N. The summed E-state index contributed by atoms with van der Waals surface area (Å²) in [6.45, 7) is 0. The fourth-order valence-corrected chi connectivity index (χ4v) is 3.26. The van der Waals surface area contributed by atoms with Crippen LogP contribution in [0.15, 0.2) is 17.6 Å². The Balaban J connectivity index is 2.00. The summed E-state index contributed by atoms with van der Waals surface area (Å²) in [5.41, 5.74) is 6.19. The zero-order valence-corrected chi connectivity index (χ0v) is 10.0. The van der Waals surface area contributed by atoms with E-state index in [1.807, 2.05) is 31.2 Å². The third-order valence-electron chi connectivity index (χ3n) is 3.04. The van der Waals surface area contributed by atoms with Crippen molar-refractivity contribution in [2.24, 2.45) is 12.8 Å². The van der Waals surface area contributed by atoms with Gasteiger partial charge in [-0.1, -0.05) is 31.0 Å². The number of thioether (sulfide) groups is 1. The van der Waals surface area contributed by atoms with Gasteiger partial charge in [0, 0.05) is 30.7 Å². The predicted molar refractivity (Wildman–Crippen MR) is 63.9 cm³/mol. The van der Waals surface area contributed by atoms with E-state index in [4.69, 9.17) is 5.73 Å². The summed E-state index contributed by atoms with van der Waals surface area (Å²) in [7, 11) is 2.04. The zero-order valence-electron chi connectivity index (χ0n) is 9.22. The van der Waals surface area contributed by atoms with E-state index in [2.05, 4.69) is 9.55 Å². The zero-order chi connectivity index (χ0) is 10.7. The van der Waals surface area contributed by atoms with Crippen molar-refractivity contribution < 1.29 is 0 Å². The van der Waals surface area contributed by atoms with Crippen LogP contribution < -0.4 is 5.73 Å². The topological polar surface area (TPSA) is 43.8 Å². The summed E-state index contributed by atoms with van der Waals surface area (Å²) in [6, 6.07) is 0.342. The number of hydrogen-bond donors (Lipinski definition) is 1. The van der Waals surface area contributed by atoms with Gasteiger partial charge < -0.3 is 10.3 Å². The molecular formula is C11H19N3S. The number of hydrogen-bond acceptors (Lipinski definition) is 3. The van der Waals surface area contributed by atoms with Gasteiger partial charge in [0.15, 0.2) is 5.16 Å². The van der Waals surface area contributed by atoms with Crippen molar-refractivity contribution in [3.8, 4) is 0 Å². The van der Waals surface area contributed by atoms with Crippen LogP contribution in [0.4, 0.5) is 0 Å². The fraction of sp³-hybridized carbons (Fsp3) is 0.727. The molecule has 2 unspecified atom stereocenters. The van der Waals surface area contributed by atoms with Crippen LogP contribution in [-0.4, -0.2) is 20.8 Å². The molecule has 0 spiro atoms. The highest BCUT2D eigenvalue weighted by molar-refractivity contribution is 7.99.